The second-order valence-corrected chi connectivity index (χ2v) is 5.68. The monoisotopic (exact) mass is 283 g/mol. The Labute approximate surface area is 122 Å². The van der Waals surface area contributed by atoms with Gasteiger partial charge in [0.05, 0.1) is 23.9 Å². The van der Waals surface area contributed by atoms with Crippen LogP contribution in [0, 0.1) is 5.92 Å². The summed E-state index contributed by atoms with van der Waals surface area (Å²) in [4.78, 5) is 11.0. The van der Waals surface area contributed by atoms with Crippen LogP contribution in [0.15, 0.2) is 35.3 Å². The predicted molar refractivity (Wildman–Crippen MR) is 78.9 cm³/mol. The number of piperidine rings is 1. The maximum Gasteiger partial charge on any atom is 0.160 e. The lowest BCUT2D eigenvalue weighted by Crippen LogP contribution is -2.36. The van der Waals surface area contributed by atoms with Crippen LogP contribution in [-0.2, 0) is 0 Å². The van der Waals surface area contributed by atoms with Gasteiger partial charge in [0.1, 0.15) is 17.9 Å². The molecule has 1 aliphatic heterocycles. The van der Waals surface area contributed by atoms with Crippen molar-refractivity contribution in [3.8, 4) is 0 Å². The fourth-order valence-corrected chi connectivity index (χ4v) is 3.13. The third-order valence-electron chi connectivity index (χ3n) is 4.24. The summed E-state index contributed by atoms with van der Waals surface area (Å²) in [5.74, 6) is 2.61. The molecule has 3 aromatic rings. The highest BCUT2D eigenvalue weighted by molar-refractivity contribution is 5.86. The number of furan rings is 1. The average molecular weight is 283 g/mol. The zero-order valence-electron chi connectivity index (χ0n) is 11.9. The first-order valence-electron chi connectivity index (χ1n) is 7.27. The molecular weight excluding hydrogens is 266 g/mol. The number of hydrogen-bond donors (Lipinski definition) is 1. The third-order valence-corrected chi connectivity index (χ3v) is 4.24. The number of nitrogens with one attached hydrogen (secondary N) is 1. The molecule has 3 aromatic heterocycles. The number of aromatic nitrogens is 4. The largest absolute Gasteiger partial charge is 0.467 e. The lowest BCUT2D eigenvalue weighted by molar-refractivity contribution is 0.327. The maximum absolute atomic E-state index is 5.66. The Balaban J connectivity index is 1.79. The minimum atomic E-state index is 0.219. The van der Waals surface area contributed by atoms with Crippen molar-refractivity contribution >= 4 is 16.9 Å². The summed E-state index contributed by atoms with van der Waals surface area (Å²) in [5.41, 5.74) is 0.775. The highest BCUT2D eigenvalue weighted by Gasteiger charge is 2.31. The van der Waals surface area contributed by atoms with Crippen LogP contribution in [-0.4, -0.2) is 26.7 Å². The van der Waals surface area contributed by atoms with Gasteiger partial charge in [0.15, 0.2) is 5.65 Å². The van der Waals surface area contributed by atoms with E-state index in [0.29, 0.717) is 5.92 Å². The molecule has 0 spiro atoms. The van der Waals surface area contributed by atoms with Gasteiger partial charge in [0, 0.05) is 6.54 Å². The van der Waals surface area contributed by atoms with E-state index in [1.807, 2.05) is 12.1 Å². The molecule has 4 rings (SSSR count). The molecule has 0 aliphatic carbocycles. The van der Waals surface area contributed by atoms with Crippen molar-refractivity contribution in [1.82, 2.24) is 20.2 Å². The molecule has 4 heterocycles. The van der Waals surface area contributed by atoms with E-state index >= 15 is 0 Å². The molecule has 108 valence electrons. The molecule has 0 radical (unpaired) electrons. The maximum atomic E-state index is 5.66. The Morgan fingerprint density at radius 2 is 2.33 bits per heavy atom. The number of H-pyrrole nitrogens is 1. The zero-order chi connectivity index (χ0) is 14.2. The Morgan fingerprint density at radius 1 is 1.38 bits per heavy atom. The molecule has 0 saturated carbocycles. The summed E-state index contributed by atoms with van der Waals surface area (Å²) in [5, 5.41) is 7.95. The van der Waals surface area contributed by atoms with Crippen LogP contribution in [0.2, 0.25) is 0 Å². The summed E-state index contributed by atoms with van der Waals surface area (Å²) in [6.07, 6.45) is 7.34. The van der Waals surface area contributed by atoms with Gasteiger partial charge >= 0.3 is 0 Å². The molecule has 6 nitrogen and oxygen atoms in total. The van der Waals surface area contributed by atoms with Gasteiger partial charge in [0.25, 0.3) is 0 Å². The van der Waals surface area contributed by atoms with Crippen LogP contribution >= 0.6 is 0 Å². The van der Waals surface area contributed by atoms with Crippen LogP contribution in [0.5, 0.6) is 0 Å². The molecule has 1 aliphatic rings. The van der Waals surface area contributed by atoms with E-state index in [1.165, 1.54) is 0 Å². The first kappa shape index (κ1) is 12.4. The van der Waals surface area contributed by atoms with Crippen molar-refractivity contribution in [1.29, 1.82) is 0 Å². The summed E-state index contributed by atoms with van der Waals surface area (Å²) in [6.45, 7) is 3.25. The predicted octanol–water partition coefficient (Wildman–Crippen LogP) is 2.92. The molecule has 21 heavy (non-hydrogen) atoms. The minimum absolute atomic E-state index is 0.219. The standard InChI is InChI=1S/C15H17N5O/c1-10-4-5-20(12(7-10)13-3-2-6-21-13)15-11-8-18-19-14(11)16-9-17-15/h2-3,6,8-10,12H,4-5,7H2,1H3,(H,16,17,18,19)/t10-,12-/m1/s1. The first-order chi connectivity index (χ1) is 10.3. The van der Waals surface area contributed by atoms with E-state index in [-0.39, 0.29) is 6.04 Å². The zero-order valence-corrected chi connectivity index (χ0v) is 11.9. The molecule has 1 N–H and O–H groups in total. The van der Waals surface area contributed by atoms with Crippen molar-refractivity contribution in [3.05, 3.63) is 36.7 Å². The Bertz CT molecular complexity index is 735. The Morgan fingerprint density at radius 3 is 3.19 bits per heavy atom. The SMILES string of the molecule is C[C@@H]1CCN(c2ncnc3[nH]ncc23)[C@@H](c2ccco2)C1. The minimum Gasteiger partial charge on any atom is -0.467 e. The summed E-state index contributed by atoms with van der Waals surface area (Å²) >= 11 is 0. The topological polar surface area (TPSA) is 70.8 Å². The summed E-state index contributed by atoms with van der Waals surface area (Å²) in [6, 6.07) is 4.21. The number of nitrogens with zero attached hydrogens (tertiary/aromatic N) is 4. The molecular formula is C15H17N5O. The average Bonchev–Trinajstić information content (AvgIpc) is 3.18. The van der Waals surface area contributed by atoms with Crippen molar-refractivity contribution < 1.29 is 4.42 Å². The number of anilines is 1. The van der Waals surface area contributed by atoms with Crippen LogP contribution in [0.1, 0.15) is 31.6 Å². The first-order valence-corrected chi connectivity index (χ1v) is 7.27. The van der Waals surface area contributed by atoms with Crippen molar-refractivity contribution in [2.75, 3.05) is 11.4 Å². The van der Waals surface area contributed by atoms with Gasteiger partial charge in [-0.1, -0.05) is 6.92 Å². The Kier molecular flexibility index (Phi) is 2.87. The lowest BCUT2D eigenvalue weighted by atomic mass is 9.91. The van der Waals surface area contributed by atoms with E-state index in [2.05, 4.69) is 32.0 Å². The van der Waals surface area contributed by atoms with E-state index in [1.54, 1.807) is 18.8 Å². The molecule has 0 unspecified atom stereocenters. The van der Waals surface area contributed by atoms with E-state index < -0.39 is 0 Å². The van der Waals surface area contributed by atoms with Crippen LogP contribution in [0.3, 0.4) is 0 Å². The van der Waals surface area contributed by atoms with Gasteiger partial charge in [-0.15, -0.1) is 0 Å². The van der Waals surface area contributed by atoms with Crippen molar-refractivity contribution in [2.24, 2.45) is 5.92 Å². The molecule has 1 saturated heterocycles. The molecule has 0 aromatic carbocycles. The lowest BCUT2D eigenvalue weighted by Gasteiger charge is -2.38. The smallest absolute Gasteiger partial charge is 0.160 e. The molecule has 6 heteroatoms. The molecule has 0 amide bonds. The quantitative estimate of drug-likeness (QED) is 0.783. The number of rotatable bonds is 2. The fraction of sp³-hybridized carbons (Fsp3) is 0.400. The van der Waals surface area contributed by atoms with Gasteiger partial charge in [-0.05, 0) is 30.9 Å². The normalized spacial score (nSPS) is 22.8. The van der Waals surface area contributed by atoms with Gasteiger partial charge in [-0.2, -0.15) is 5.10 Å². The second kappa shape index (κ2) is 4.87. The van der Waals surface area contributed by atoms with E-state index in [0.717, 1.165) is 42.0 Å². The van der Waals surface area contributed by atoms with Gasteiger partial charge in [0.2, 0.25) is 0 Å². The highest BCUT2D eigenvalue weighted by atomic mass is 16.3. The van der Waals surface area contributed by atoms with Crippen LogP contribution in [0.4, 0.5) is 5.82 Å². The second-order valence-electron chi connectivity index (χ2n) is 5.68. The van der Waals surface area contributed by atoms with Gasteiger partial charge in [-0.3, -0.25) is 5.10 Å². The Hall–Kier alpha value is -2.37. The number of fused-ring (bicyclic) bond motifs is 1. The molecule has 0 bridgehead atoms. The fourth-order valence-electron chi connectivity index (χ4n) is 3.13. The third kappa shape index (κ3) is 2.07. The van der Waals surface area contributed by atoms with E-state index in [4.69, 9.17) is 4.42 Å². The van der Waals surface area contributed by atoms with Gasteiger partial charge < -0.3 is 9.32 Å². The summed E-state index contributed by atoms with van der Waals surface area (Å²) < 4.78 is 5.66. The van der Waals surface area contributed by atoms with Crippen molar-refractivity contribution in [3.63, 3.8) is 0 Å². The number of hydrogen-bond acceptors (Lipinski definition) is 5. The van der Waals surface area contributed by atoms with Crippen LogP contribution in [0.25, 0.3) is 11.0 Å². The molecule has 2 atom stereocenters. The number of aromatic amines is 1. The van der Waals surface area contributed by atoms with Crippen LogP contribution < -0.4 is 4.90 Å². The molecule has 1 fully saturated rings. The van der Waals surface area contributed by atoms with Crippen molar-refractivity contribution in [2.45, 2.75) is 25.8 Å². The highest BCUT2D eigenvalue weighted by Crippen LogP contribution is 2.38. The summed E-state index contributed by atoms with van der Waals surface area (Å²) in [7, 11) is 0. The van der Waals surface area contributed by atoms with Gasteiger partial charge in [-0.25, -0.2) is 9.97 Å². The van der Waals surface area contributed by atoms with E-state index in [9.17, 15) is 0 Å².